The molecule has 0 saturated carbocycles. The molecular formula is C10H7BrF3N3O2. The third-order valence-electron chi connectivity index (χ3n) is 2.21. The Morgan fingerprint density at radius 1 is 1.53 bits per heavy atom. The molecular weight excluding hydrogens is 331 g/mol. The number of anilines is 1. The van der Waals surface area contributed by atoms with E-state index in [0.29, 0.717) is 16.4 Å². The Labute approximate surface area is 113 Å². The average molecular weight is 338 g/mol. The first-order chi connectivity index (χ1) is 8.77. The second-order valence-corrected chi connectivity index (χ2v) is 4.44. The monoisotopic (exact) mass is 337 g/mol. The summed E-state index contributed by atoms with van der Waals surface area (Å²) in [6, 6.07) is 1.57. The van der Waals surface area contributed by atoms with E-state index in [4.69, 9.17) is 4.42 Å². The van der Waals surface area contributed by atoms with Gasteiger partial charge in [0.1, 0.15) is 5.69 Å². The fourth-order valence-electron chi connectivity index (χ4n) is 1.36. The van der Waals surface area contributed by atoms with Crippen LogP contribution in [-0.2, 0) is 6.18 Å². The van der Waals surface area contributed by atoms with E-state index in [0.717, 1.165) is 0 Å². The molecule has 2 heterocycles. The minimum atomic E-state index is -4.54. The van der Waals surface area contributed by atoms with Crippen LogP contribution in [0.3, 0.4) is 0 Å². The molecule has 9 heteroatoms. The lowest BCUT2D eigenvalue weighted by Crippen LogP contribution is -2.13. The molecule has 0 radical (unpaired) electrons. The van der Waals surface area contributed by atoms with Gasteiger partial charge in [0.25, 0.3) is 5.91 Å². The van der Waals surface area contributed by atoms with Crippen molar-refractivity contribution < 1.29 is 22.4 Å². The summed E-state index contributed by atoms with van der Waals surface area (Å²) in [5.74, 6) is -0.993. The topological polar surface area (TPSA) is 70.9 Å². The Kier molecular flexibility index (Phi) is 3.40. The molecule has 0 aromatic carbocycles. The molecule has 5 nitrogen and oxygen atoms in total. The molecule has 2 N–H and O–H groups in total. The fourth-order valence-corrected chi connectivity index (χ4v) is 1.87. The predicted octanol–water partition coefficient (Wildman–Crippen LogP) is 3.34. The number of nitrogens with zero attached hydrogens (tertiary/aromatic N) is 1. The largest absolute Gasteiger partial charge is 0.444 e. The summed E-state index contributed by atoms with van der Waals surface area (Å²) < 4.78 is 42.4. The molecule has 0 aliphatic heterocycles. The van der Waals surface area contributed by atoms with Crippen LogP contribution < -0.4 is 5.32 Å². The molecule has 102 valence electrons. The van der Waals surface area contributed by atoms with E-state index in [1.807, 2.05) is 4.98 Å². The van der Waals surface area contributed by atoms with Gasteiger partial charge in [0, 0.05) is 5.56 Å². The van der Waals surface area contributed by atoms with E-state index >= 15 is 0 Å². The van der Waals surface area contributed by atoms with Gasteiger partial charge < -0.3 is 9.40 Å². The van der Waals surface area contributed by atoms with Gasteiger partial charge in [-0.25, -0.2) is 4.98 Å². The van der Waals surface area contributed by atoms with Gasteiger partial charge in [-0.1, -0.05) is 0 Å². The van der Waals surface area contributed by atoms with Crippen molar-refractivity contribution in [2.45, 2.75) is 13.1 Å². The molecule has 0 unspecified atom stereocenters. The number of halogens is 4. The van der Waals surface area contributed by atoms with Gasteiger partial charge in [0.05, 0.1) is 6.20 Å². The van der Waals surface area contributed by atoms with Gasteiger partial charge >= 0.3 is 6.18 Å². The zero-order valence-electron chi connectivity index (χ0n) is 9.43. The quantitative estimate of drug-likeness (QED) is 0.882. The second-order valence-electron chi connectivity index (χ2n) is 3.66. The molecule has 0 fully saturated rings. The number of H-pyrrole nitrogens is 1. The fraction of sp³-hybridized carbons (Fsp3) is 0.200. The predicted molar refractivity (Wildman–Crippen MR) is 62.7 cm³/mol. The first-order valence-corrected chi connectivity index (χ1v) is 5.76. The van der Waals surface area contributed by atoms with Gasteiger partial charge in [-0.2, -0.15) is 13.2 Å². The van der Waals surface area contributed by atoms with Crippen molar-refractivity contribution in [3.63, 3.8) is 0 Å². The lowest BCUT2D eigenvalue weighted by Gasteiger charge is -2.02. The Bertz CT molecular complexity index is 618. The van der Waals surface area contributed by atoms with Crippen molar-refractivity contribution in [2.75, 3.05) is 5.32 Å². The summed E-state index contributed by atoms with van der Waals surface area (Å²) >= 11 is 3.05. The highest BCUT2D eigenvalue weighted by Crippen LogP contribution is 2.28. The SMILES string of the molecule is Cc1cc(Br)oc1C(=O)Nc1ncc(C(F)(F)F)[nH]1. The van der Waals surface area contributed by atoms with Crippen molar-refractivity contribution in [1.29, 1.82) is 0 Å². The van der Waals surface area contributed by atoms with Crippen molar-refractivity contribution in [3.05, 3.63) is 34.0 Å². The van der Waals surface area contributed by atoms with E-state index < -0.39 is 17.8 Å². The smallest absolute Gasteiger partial charge is 0.432 e. The van der Waals surface area contributed by atoms with E-state index in [1.54, 1.807) is 13.0 Å². The molecule has 0 spiro atoms. The Morgan fingerprint density at radius 3 is 2.68 bits per heavy atom. The Morgan fingerprint density at radius 2 is 2.21 bits per heavy atom. The van der Waals surface area contributed by atoms with Crippen molar-refractivity contribution in [1.82, 2.24) is 9.97 Å². The summed E-state index contributed by atoms with van der Waals surface area (Å²) in [4.78, 5) is 17.1. The first kappa shape index (κ1) is 13.7. The van der Waals surface area contributed by atoms with Crippen LogP contribution >= 0.6 is 15.9 Å². The Balaban J connectivity index is 2.16. The highest BCUT2D eigenvalue weighted by atomic mass is 79.9. The van der Waals surface area contributed by atoms with E-state index in [9.17, 15) is 18.0 Å². The standard InChI is InChI=1S/C10H7BrF3N3O2/c1-4-2-6(11)19-7(4)8(18)17-9-15-3-5(16-9)10(12,13)14/h2-3H,1H3,(H2,15,16,17,18). The van der Waals surface area contributed by atoms with Crippen molar-refractivity contribution in [2.24, 2.45) is 0 Å². The third kappa shape index (κ3) is 2.98. The Hall–Kier alpha value is -1.77. The molecule has 2 aromatic heterocycles. The molecule has 0 aliphatic rings. The molecule has 2 rings (SSSR count). The summed E-state index contributed by atoms with van der Waals surface area (Å²) in [5.41, 5.74) is -0.493. The van der Waals surface area contributed by atoms with Crippen LogP contribution in [0, 0.1) is 6.92 Å². The summed E-state index contributed by atoms with van der Waals surface area (Å²) in [5, 5.41) is 2.18. The lowest BCUT2D eigenvalue weighted by atomic mass is 10.3. The number of aromatic amines is 1. The zero-order chi connectivity index (χ0) is 14.2. The maximum atomic E-state index is 12.3. The minimum absolute atomic E-state index is 0.00293. The summed E-state index contributed by atoms with van der Waals surface area (Å²) in [7, 11) is 0. The molecule has 0 saturated heterocycles. The highest BCUT2D eigenvalue weighted by molar-refractivity contribution is 9.10. The number of imidazole rings is 1. The van der Waals surface area contributed by atoms with Gasteiger partial charge in [-0.15, -0.1) is 0 Å². The maximum absolute atomic E-state index is 12.3. The number of furan rings is 1. The van der Waals surface area contributed by atoms with Crippen LogP contribution in [0.1, 0.15) is 21.8 Å². The van der Waals surface area contributed by atoms with Gasteiger partial charge in [0.2, 0.25) is 5.95 Å². The van der Waals surface area contributed by atoms with Crippen LogP contribution in [0.2, 0.25) is 0 Å². The average Bonchev–Trinajstić information content (AvgIpc) is 2.84. The van der Waals surface area contributed by atoms with Crippen LogP contribution in [0.15, 0.2) is 21.3 Å². The molecule has 19 heavy (non-hydrogen) atoms. The number of carbonyl (C=O) groups excluding carboxylic acids is 1. The number of aromatic nitrogens is 2. The van der Waals surface area contributed by atoms with Crippen molar-refractivity contribution in [3.8, 4) is 0 Å². The number of hydrogen-bond acceptors (Lipinski definition) is 3. The molecule has 0 aliphatic carbocycles. The van der Waals surface area contributed by atoms with Crippen molar-refractivity contribution >= 4 is 27.8 Å². The number of hydrogen-bond donors (Lipinski definition) is 2. The molecule has 2 aromatic rings. The summed E-state index contributed by atoms with van der Waals surface area (Å²) in [6.45, 7) is 1.63. The molecule has 0 atom stereocenters. The number of carbonyl (C=O) groups is 1. The second kappa shape index (κ2) is 4.72. The van der Waals surface area contributed by atoms with E-state index in [-0.39, 0.29) is 11.7 Å². The third-order valence-corrected chi connectivity index (χ3v) is 2.60. The van der Waals surface area contributed by atoms with Crippen LogP contribution in [-0.4, -0.2) is 15.9 Å². The van der Waals surface area contributed by atoms with Gasteiger partial charge in [0.15, 0.2) is 10.4 Å². The normalized spacial score (nSPS) is 11.6. The van der Waals surface area contributed by atoms with E-state index in [1.165, 1.54) is 0 Å². The van der Waals surface area contributed by atoms with Gasteiger partial charge in [-0.05, 0) is 28.9 Å². The molecule has 0 bridgehead atoms. The number of amides is 1. The number of rotatable bonds is 2. The number of nitrogens with one attached hydrogen (secondary N) is 2. The summed E-state index contributed by atoms with van der Waals surface area (Å²) in [6.07, 6.45) is -3.94. The number of aryl methyl sites for hydroxylation is 1. The minimum Gasteiger partial charge on any atom is -0.444 e. The maximum Gasteiger partial charge on any atom is 0.432 e. The van der Waals surface area contributed by atoms with E-state index in [2.05, 4.69) is 26.2 Å². The lowest BCUT2D eigenvalue weighted by molar-refractivity contribution is -0.140. The molecule has 1 amide bonds. The highest BCUT2D eigenvalue weighted by Gasteiger charge is 2.33. The van der Waals surface area contributed by atoms with Crippen LogP contribution in [0.5, 0.6) is 0 Å². The first-order valence-electron chi connectivity index (χ1n) is 4.97. The van der Waals surface area contributed by atoms with Gasteiger partial charge in [-0.3, -0.25) is 10.1 Å². The van der Waals surface area contributed by atoms with Crippen LogP contribution in [0.25, 0.3) is 0 Å². The van der Waals surface area contributed by atoms with Crippen LogP contribution in [0.4, 0.5) is 19.1 Å². The zero-order valence-corrected chi connectivity index (χ0v) is 11.0. The number of alkyl halides is 3.